The summed E-state index contributed by atoms with van der Waals surface area (Å²) >= 11 is 0. The molecule has 2 fully saturated rings. The summed E-state index contributed by atoms with van der Waals surface area (Å²) in [5, 5.41) is 0. The molecule has 0 aliphatic carbocycles. The summed E-state index contributed by atoms with van der Waals surface area (Å²) in [6.45, 7) is 3.35. The Morgan fingerprint density at radius 3 is 2.22 bits per heavy atom. The third kappa shape index (κ3) is 7.00. The molecule has 5 rings (SSSR count). The number of piperazine rings is 1. The van der Waals surface area contributed by atoms with Gasteiger partial charge in [0.25, 0.3) is 11.8 Å². The maximum Gasteiger partial charge on any atom is 0.417 e. The van der Waals surface area contributed by atoms with Gasteiger partial charge in [-0.2, -0.15) is 26.3 Å². The molecule has 0 N–H and O–H groups in total. The van der Waals surface area contributed by atoms with Crippen LogP contribution in [0, 0.1) is 0 Å². The Hall–Kier alpha value is -4.49. The van der Waals surface area contributed by atoms with E-state index in [9.17, 15) is 35.9 Å². The van der Waals surface area contributed by atoms with Crippen LogP contribution in [-0.2, 0) is 17.1 Å². The monoisotopic (exact) mass is 650 g/mol. The number of aromatic nitrogens is 1. The van der Waals surface area contributed by atoms with Gasteiger partial charge in [0, 0.05) is 45.1 Å². The number of halogens is 6. The first-order valence-corrected chi connectivity index (χ1v) is 14.8. The molecule has 3 aromatic rings. The highest BCUT2D eigenvalue weighted by molar-refractivity contribution is 5.96. The summed E-state index contributed by atoms with van der Waals surface area (Å²) in [6.07, 6.45) is -7.37. The van der Waals surface area contributed by atoms with Gasteiger partial charge >= 0.3 is 12.4 Å². The molecule has 14 heteroatoms. The van der Waals surface area contributed by atoms with Crippen LogP contribution in [0.1, 0.15) is 41.3 Å². The number of rotatable bonds is 7. The summed E-state index contributed by atoms with van der Waals surface area (Å²) in [5.41, 5.74) is -3.66. The maximum absolute atomic E-state index is 14.3. The van der Waals surface area contributed by atoms with E-state index in [1.807, 2.05) is 31.2 Å². The van der Waals surface area contributed by atoms with Crippen molar-refractivity contribution >= 4 is 17.5 Å². The number of piperidine rings is 1. The topological polar surface area (TPSA) is 75.2 Å². The van der Waals surface area contributed by atoms with Crippen molar-refractivity contribution in [3.63, 3.8) is 0 Å². The van der Waals surface area contributed by atoms with Gasteiger partial charge in [-0.05, 0) is 62.2 Å². The van der Waals surface area contributed by atoms with E-state index >= 15 is 0 Å². The lowest BCUT2D eigenvalue weighted by atomic mass is 9.89. The van der Waals surface area contributed by atoms with Crippen molar-refractivity contribution in [3.8, 4) is 11.5 Å². The second-order valence-corrected chi connectivity index (χ2v) is 11.0. The smallest absolute Gasteiger partial charge is 0.417 e. The van der Waals surface area contributed by atoms with Gasteiger partial charge in [-0.3, -0.25) is 14.6 Å². The second-order valence-electron chi connectivity index (χ2n) is 11.0. The van der Waals surface area contributed by atoms with E-state index < -0.39 is 53.0 Å². The molecule has 1 unspecified atom stereocenters. The van der Waals surface area contributed by atoms with Crippen LogP contribution in [0.5, 0.6) is 11.5 Å². The van der Waals surface area contributed by atoms with Crippen LogP contribution in [0.4, 0.5) is 32.0 Å². The number of alkyl halides is 6. The van der Waals surface area contributed by atoms with Gasteiger partial charge in [-0.15, -0.1) is 0 Å². The summed E-state index contributed by atoms with van der Waals surface area (Å²) in [7, 11) is 0. The van der Waals surface area contributed by atoms with Gasteiger partial charge in [-0.1, -0.05) is 12.1 Å². The summed E-state index contributed by atoms with van der Waals surface area (Å²) in [5.74, 6) is -0.838. The number of pyridine rings is 1. The average molecular weight is 651 g/mol. The number of anilines is 1. The lowest BCUT2D eigenvalue weighted by molar-refractivity contribution is -0.153. The summed E-state index contributed by atoms with van der Waals surface area (Å²) in [6, 6.07) is 12.0. The van der Waals surface area contributed by atoms with Crippen molar-refractivity contribution in [1.29, 1.82) is 0 Å². The van der Waals surface area contributed by atoms with Gasteiger partial charge in [-0.25, -0.2) is 0 Å². The van der Waals surface area contributed by atoms with Crippen LogP contribution in [0.25, 0.3) is 0 Å². The molecule has 1 aromatic heterocycles. The molecular formula is C32H32F6N4O4. The molecule has 246 valence electrons. The Bertz CT molecular complexity index is 1540. The first-order chi connectivity index (χ1) is 21.8. The zero-order valence-corrected chi connectivity index (χ0v) is 24.9. The fraction of sp³-hybridized carbons (Fsp3) is 0.406. The molecule has 0 saturated carbocycles. The molecule has 46 heavy (non-hydrogen) atoms. The van der Waals surface area contributed by atoms with Crippen molar-refractivity contribution < 1.29 is 45.4 Å². The molecule has 2 amide bonds. The van der Waals surface area contributed by atoms with E-state index in [1.54, 1.807) is 4.90 Å². The quantitative estimate of drug-likeness (QED) is 0.296. The number of ether oxygens (including phenoxy) is 2. The zero-order valence-electron chi connectivity index (χ0n) is 24.9. The van der Waals surface area contributed by atoms with Crippen LogP contribution in [0.15, 0.2) is 67.0 Å². The van der Waals surface area contributed by atoms with Gasteiger partial charge in [0.2, 0.25) is 5.60 Å². The number of hydrogen-bond donors (Lipinski definition) is 0. The van der Waals surface area contributed by atoms with Crippen LogP contribution in [0.3, 0.4) is 0 Å². The van der Waals surface area contributed by atoms with Crippen molar-refractivity contribution in [2.75, 3.05) is 50.8 Å². The molecule has 2 saturated heterocycles. The fourth-order valence-corrected chi connectivity index (χ4v) is 5.85. The molecule has 2 aromatic carbocycles. The highest BCUT2D eigenvalue weighted by Gasteiger charge is 2.49. The largest absolute Gasteiger partial charge is 0.492 e. The minimum absolute atomic E-state index is 0.0401. The predicted molar refractivity (Wildman–Crippen MR) is 156 cm³/mol. The lowest BCUT2D eigenvalue weighted by Crippen LogP contribution is -2.64. The highest BCUT2D eigenvalue weighted by atomic mass is 19.4. The normalized spacial score (nSPS) is 19.2. The molecule has 1 atom stereocenters. The molecule has 0 bridgehead atoms. The number of nitrogens with zero attached hydrogens (tertiary/aromatic N) is 4. The van der Waals surface area contributed by atoms with Crippen LogP contribution >= 0.6 is 0 Å². The summed E-state index contributed by atoms with van der Waals surface area (Å²) in [4.78, 5) is 36.3. The standard InChI is InChI=1S/C32H32F6N4O4/c1-2-45-27-7-4-3-6-26(27)40-16-18-41(19-17-40)29(44)30(46-23-10-8-22(9-11-23)31(33,34)35)13-5-15-42(21-30)28(43)24-20-39-14-12-25(24)32(36,37)38/h3-4,6-12,14,20H,2,5,13,15-19,21H2,1H3. The first kappa shape index (κ1) is 32.9. The number of likely N-dealkylation sites (tertiary alicyclic amines) is 1. The van der Waals surface area contributed by atoms with Crippen LogP contribution in [0.2, 0.25) is 0 Å². The Labute approximate surface area is 261 Å². The van der Waals surface area contributed by atoms with Gasteiger partial charge in [0.05, 0.1) is 35.5 Å². The van der Waals surface area contributed by atoms with Gasteiger partial charge in [0.15, 0.2) is 0 Å². The number of carbonyl (C=O) groups is 2. The van der Waals surface area contributed by atoms with E-state index in [-0.39, 0.29) is 38.2 Å². The number of amides is 2. The van der Waals surface area contributed by atoms with Crippen LogP contribution < -0.4 is 14.4 Å². The Balaban J connectivity index is 1.42. The number of carbonyl (C=O) groups excluding carboxylic acids is 2. The predicted octanol–water partition coefficient (Wildman–Crippen LogP) is 5.92. The van der Waals surface area contributed by atoms with Gasteiger partial charge in [0.1, 0.15) is 11.5 Å². The molecule has 3 heterocycles. The van der Waals surface area contributed by atoms with Crippen molar-refractivity contribution in [1.82, 2.24) is 14.8 Å². The van der Waals surface area contributed by atoms with Crippen molar-refractivity contribution in [2.24, 2.45) is 0 Å². The number of hydrogen-bond acceptors (Lipinski definition) is 6. The zero-order chi connectivity index (χ0) is 33.1. The van der Waals surface area contributed by atoms with Gasteiger partial charge < -0.3 is 24.2 Å². The second kappa shape index (κ2) is 13.1. The van der Waals surface area contributed by atoms with Crippen LogP contribution in [-0.4, -0.2) is 78.1 Å². The molecule has 0 radical (unpaired) electrons. The van der Waals surface area contributed by atoms with E-state index in [2.05, 4.69) is 9.88 Å². The van der Waals surface area contributed by atoms with Crippen molar-refractivity contribution in [2.45, 2.75) is 37.7 Å². The minimum atomic E-state index is -4.83. The highest BCUT2D eigenvalue weighted by Crippen LogP contribution is 2.37. The Morgan fingerprint density at radius 1 is 0.870 bits per heavy atom. The maximum atomic E-state index is 14.3. The number of benzene rings is 2. The Morgan fingerprint density at radius 2 is 1.57 bits per heavy atom. The van der Waals surface area contributed by atoms with E-state index in [0.29, 0.717) is 31.5 Å². The van der Waals surface area contributed by atoms with E-state index in [0.717, 1.165) is 47.2 Å². The third-order valence-electron chi connectivity index (χ3n) is 8.06. The molecule has 2 aliphatic rings. The minimum Gasteiger partial charge on any atom is -0.492 e. The number of para-hydroxylation sites is 2. The van der Waals surface area contributed by atoms with E-state index in [1.165, 1.54) is 0 Å². The average Bonchev–Trinajstić information content (AvgIpc) is 3.04. The molecule has 8 nitrogen and oxygen atoms in total. The lowest BCUT2D eigenvalue weighted by Gasteiger charge is -2.45. The third-order valence-corrected chi connectivity index (χ3v) is 8.06. The molecular weight excluding hydrogens is 618 g/mol. The Kier molecular flexibility index (Phi) is 9.36. The molecule has 0 spiro atoms. The fourth-order valence-electron chi connectivity index (χ4n) is 5.85. The van der Waals surface area contributed by atoms with E-state index in [4.69, 9.17) is 9.47 Å². The SMILES string of the molecule is CCOc1ccccc1N1CCN(C(=O)C2(Oc3ccc(C(F)(F)F)cc3)CCCN(C(=O)c3cnccc3C(F)(F)F)C2)CC1. The summed E-state index contributed by atoms with van der Waals surface area (Å²) < 4.78 is 92.8. The van der Waals surface area contributed by atoms with Crippen molar-refractivity contribution in [3.05, 3.63) is 83.7 Å². The first-order valence-electron chi connectivity index (χ1n) is 14.8. The molecule has 2 aliphatic heterocycles.